The van der Waals surface area contributed by atoms with Crippen LogP contribution in [-0.4, -0.2) is 92.3 Å². The van der Waals surface area contributed by atoms with Crippen molar-refractivity contribution in [1.29, 1.82) is 0 Å². The van der Waals surface area contributed by atoms with Crippen LogP contribution < -0.4 is 5.56 Å². The van der Waals surface area contributed by atoms with Crippen molar-refractivity contribution in [1.82, 2.24) is 34.7 Å². The molecule has 2 aromatic heterocycles. The van der Waals surface area contributed by atoms with Crippen molar-refractivity contribution < 1.29 is 14.0 Å². The van der Waals surface area contributed by atoms with Crippen molar-refractivity contribution in [2.24, 2.45) is 0 Å². The minimum Gasteiger partial charge on any atom is -0.338 e. The second kappa shape index (κ2) is 10.1. The molecule has 2 fully saturated rings. The lowest BCUT2D eigenvalue weighted by molar-refractivity contribution is -0.136. The summed E-state index contributed by atoms with van der Waals surface area (Å²) in [7, 11) is 2.04. The third-order valence-electron chi connectivity index (χ3n) is 7.57. The number of amides is 2. The van der Waals surface area contributed by atoms with Crippen LogP contribution in [-0.2, 0) is 4.79 Å². The van der Waals surface area contributed by atoms with Crippen molar-refractivity contribution in [2.75, 3.05) is 39.8 Å². The van der Waals surface area contributed by atoms with E-state index < -0.39 is 11.9 Å². The van der Waals surface area contributed by atoms with Gasteiger partial charge in [-0.25, -0.2) is 9.07 Å². The molecule has 1 N–H and O–H groups in total. The second-order valence-corrected chi connectivity index (χ2v) is 10.1. The molecule has 2 amide bonds. The zero-order chi connectivity index (χ0) is 27.1. The SMILES string of the molecule is CN1CCN(C(=O)C2CCCN2C(=O)c2ccc(-n3cc(-c4cc5cc(F)ccc5[nH]c4=O)nn3)cc2)CC1. The van der Waals surface area contributed by atoms with Crippen molar-refractivity contribution >= 4 is 22.7 Å². The lowest BCUT2D eigenvalue weighted by Crippen LogP contribution is -2.53. The number of nitrogens with zero attached hydrogens (tertiary/aromatic N) is 6. The van der Waals surface area contributed by atoms with Gasteiger partial charge in [0, 0.05) is 49.2 Å². The molecule has 2 saturated heterocycles. The number of piperazine rings is 1. The number of carbonyl (C=O) groups is 2. The molecule has 10 nitrogen and oxygen atoms in total. The third-order valence-corrected chi connectivity index (χ3v) is 7.57. The molecule has 39 heavy (non-hydrogen) atoms. The lowest BCUT2D eigenvalue weighted by Gasteiger charge is -2.35. The van der Waals surface area contributed by atoms with Crippen LogP contribution in [0, 0.1) is 5.82 Å². The summed E-state index contributed by atoms with van der Waals surface area (Å²) in [6.07, 6.45) is 3.09. The maximum absolute atomic E-state index is 13.7. The molecule has 1 unspecified atom stereocenters. The highest BCUT2D eigenvalue weighted by Gasteiger charge is 2.37. The zero-order valence-electron chi connectivity index (χ0n) is 21.5. The van der Waals surface area contributed by atoms with E-state index >= 15 is 0 Å². The van der Waals surface area contributed by atoms with Crippen LogP contribution in [0.3, 0.4) is 0 Å². The molecule has 4 heterocycles. The maximum Gasteiger partial charge on any atom is 0.258 e. The first-order chi connectivity index (χ1) is 18.9. The van der Waals surface area contributed by atoms with Gasteiger partial charge in [0.05, 0.1) is 17.4 Å². The van der Waals surface area contributed by atoms with Crippen molar-refractivity contribution in [3.63, 3.8) is 0 Å². The van der Waals surface area contributed by atoms with Crippen molar-refractivity contribution in [3.05, 3.63) is 76.5 Å². The molecule has 200 valence electrons. The Morgan fingerprint density at radius 1 is 1.00 bits per heavy atom. The van der Waals surface area contributed by atoms with Gasteiger partial charge in [0.15, 0.2) is 0 Å². The average Bonchev–Trinajstić information content (AvgIpc) is 3.63. The Bertz CT molecular complexity index is 1610. The predicted octanol–water partition coefficient (Wildman–Crippen LogP) is 2.29. The molecule has 6 rings (SSSR count). The fourth-order valence-electron chi connectivity index (χ4n) is 5.31. The van der Waals surface area contributed by atoms with E-state index in [1.807, 2.05) is 11.9 Å². The van der Waals surface area contributed by atoms with Gasteiger partial charge < -0.3 is 19.7 Å². The summed E-state index contributed by atoms with van der Waals surface area (Å²) in [5.41, 5.74) is 1.93. The number of H-pyrrole nitrogens is 1. The Labute approximate surface area is 223 Å². The molecule has 2 aromatic carbocycles. The Kier molecular flexibility index (Phi) is 6.43. The molecule has 2 aliphatic rings. The molecule has 0 aliphatic carbocycles. The molecule has 11 heteroatoms. The second-order valence-electron chi connectivity index (χ2n) is 10.1. The van der Waals surface area contributed by atoms with Gasteiger partial charge in [0.25, 0.3) is 11.5 Å². The van der Waals surface area contributed by atoms with Crippen LogP contribution in [0.2, 0.25) is 0 Å². The third kappa shape index (κ3) is 4.81. The summed E-state index contributed by atoms with van der Waals surface area (Å²) in [4.78, 5) is 47.6. The Balaban J connectivity index is 1.19. The number of pyridine rings is 1. The lowest BCUT2D eigenvalue weighted by atomic mass is 10.1. The first kappa shape index (κ1) is 24.9. The number of carbonyl (C=O) groups excluding carboxylic acids is 2. The average molecular weight is 530 g/mol. The number of fused-ring (bicyclic) bond motifs is 1. The van der Waals surface area contributed by atoms with Gasteiger partial charge in [-0.15, -0.1) is 5.10 Å². The zero-order valence-corrected chi connectivity index (χ0v) is 21.5. The van der Waals surface area contributed by atoms with E-state index in [9.17, 15) is 18.8 Å². The molecule has 0 radical (unpaired) electrons. The van der Waals surface area contributed by atoms with E-state index in [-0.39, 0.29) is 22.9 Å². The van der Waals surface area contributed by atoms with Crippen molar-refractivity contribution in [2.45, 2.75) is 18.9 Å². The summed E-state index contributed by atoms with van der Waals surface area (Å²) in [5, 5.41) is 8.82. The fourth-order valence-corrected chi connectivity index (χ4v) is 5.31. The van der Waals surface area contributed by atoms with E-state index in [0.717, 1.165) is 19.5 Å². The van der Waals surface area contributed by atoms with Crippen LogP contribution >= 0.6 is 0 Å². The maximum atomic E-state index is 13.7. The number of nitrogens with one attached hydrogen (secondary N) is 1. The van der Waals surface area contributed by atoms with Gasteiger partial charge in [0.2, 0.25) is 5.91 Å². The number of halogens is 1. The van der Waals surface area contributed by atoms with Gasteiger partial charge in [0.1, 0.15) is 17.6 Å². The standard InChI is InChI=1S/C28H28FN7O3/c1-33-11-13-34(14-12-33)28(39)25-3-2-10-35(25)27(38)18-4-7-21(8-5-18)36-17-24(31-32-36)22-16-19-15-20(29)6-9-23(19)30-26(22)37/h4-9,15-17,25H,2-3,10-14H2,1H3,(H,30,37). The number of aromatic nitrogens is 4. The van der Waals surface area contributed by atoms with Crippen LogP contribution in [0.25, 0.3) is 27.8 Å². The molecular weight excluding hydrogens is 501 g/mol. The van der Waals surface area contributed by atoms with E-state index in [1.54, 1.807) is 41.4 Å². The summed E-state index contributed by atoms with van der Waals surface area (Å²) < 4.78 is 15.2. The quantitative estimate of drug-likeness (QED) is 0.435. The van der Waals surface area contributed by atoms with Gasteiger partial charge in [-0.1, -0.05) is 5.21 Å². The van der Waals surface area contributed by atoms with Crippen LogP contribution in [0.4, 0.5) is 4.39 Å². The van der Waals surface area contributed by atoms with Gasteiger partial charge in [-0.3, -0.25) is 14.4 Å². The fraction of sp³-hybridized carbons (Fsp3) is 0.321. The molecule has 0 spiro atoms. The van der Waals surface area contributed by atoms with Crippen LogP contribution in [0.1, 0.15) is 23.2 Å². The summed E-state index contributed by atoms with van der Waals surface area (Å²) in [6, 6.07) is 12.2. The predicted molar refractivity (Wildman–Crippen MR) is 143 cm³/mol. The smallest absolute Gasteiger partial charge is 0.258 e. The number of rotatable bonds is 4. The van der Waals surface area contributed by atoms with E-state index in [0.29, 0.717) is 53.9 Å². The first-order valence-electron chi connectivity index (χ1n) is 13.0. The van der Waals surface area contributed by atoms with Crippen molar-refractivity contribution in [3.8, 4) is 16.9 Å². The van der Waals surface area contributed by atoms with Crippen LogP contribution in [0.5, 0.6) is 0 Å². The number of aromatic amines is 1. The van der Waals surface area contributed by atoms with Crippen LogP contribution in [0.15, 0.2) is 59.5 Å². The molecule has 1 atom stereocenters. The summed E-state index contributed by atoms with van der Waals surface area (Å²) in [5.74, 6) is -0.532. The minimum atomic E-state index is -0.424. The van der Waals surface area contributed by atoms with E-state index in [2.05, 4.69) is 20.2 Å². The highest BCUT2D eigenvalue weighted by molar-refractivity contribution is 5.98. The van der Waals surface area contributed by atoms with Gasteiger partial charge in [-0.05, 0) is 68.4 Å². The molecule has 2 aliphatic heterocycles. The number of likely N-dealkylation sites (tertiary alicyclic amines) is 1. The molecule has 0 saturated carbocycles. The Morgan fingerprint density at radius 3 is 2.54 bits per heavy atom. The highest BCUT2D eigenvalue weighted by atomic mass is 19.1. The molecular formula is C28H28FN7O3. The number of hydrogen-bond acceptors (Lipinski definition) is 6. The number of hydrogen-bond donors (Lipinski definition) is 1. The van der Waals surface area contributed by atoms with E-state index in [4.69, 9.17) is 0 Å². The first-order valence-corrected chi connectivity index (χ1v) is 13.0. The Morgan fingerprint density at radius 2 is 1.77 bits per heavy atom. The monoisotopic (exact) mass is 529 g/mol. The minimum absolute atomic E-state index is 0.0344. The van der Waals surface area contributed by atoms with Gasteiger partial charge >= 0.3 is 0 Å². The highest BCUT2D eigenvalue weighted by Crippen LogP contribution is 2.24. The van der Waals surface area contributed by atoms with Gasteiger partial charge in [-0.2, -0.15) is 0 Å². The Hall–Kier alpha value is -4.38. The summed E-state index contributed by atoms with van der Waals surface area (Å²) >= 11 is 0. The molecule has 4 aromatic rings. The number of likely N-dealkylation sites (N-methyl/N-ethyl adjacent to an activating group) is 1. The largest absolute Gasteiger partial charge is 0.338 e. The van der Waals surface area contributed by atoms with E-state index in [1.165, 1.54) is 22.9 Å². The normalized spacial score (nSPS) is 18.2. The topological polar surface area (TPSA) is 107 Å². The summed E-state index contributed by atoms with van der Waals surface area (Å²) in [6.45, 7) is 3.60. The molecule has 0 bridgehead atoms. The number of benzene rings is 2.